The second-order valence-corrected chi connectivity index (χ2v) is 5.64. The van der Waals surface area contributed by atoms with Crippen LogP contribution in [0.1, 0.15) is 19.4 Å². The van der Waals surface area contributed by atoms with Gasteiger partial charge in [-0.05, 0) is 39.5 Å². The van der Waals surface area contributed by atoms with Crippen LogP contribution in [-0.4, -0.2) is 19.3 Å². The number of nitrogens with zero attached hydrogens (tertiary/aromatic N) is 1. The van der Waals surface area contributed by atoms with Crippen LogP contribution in [0.4, 0.5) is 0 Å². The van der Waals surface area contributed by atoms with Crippen molar-refractivity contribution in [3.05, 3.63) is 22.2 Å². The Morgan fingerprint density at radius 2 is 2.26 bits per heavy atom. The van der Waals surface area contributed by atoms with Crippen molar-refractivity contribution in [1.29, 1.82) is 0 Å². The van der Waals surface area contributed by atoms with Gasteiger partial charge in [0.25, 0.3) is 0 Å². The van der Waals surface area contributed by atoms with Crippen LogP contribution in [0.5, 0.6) is 11.5 Å². The lowest BCUT2D eigenvalue weighted by atomic mass is 10.2. The molecule has 1 aromatic rings. The predicted molar refractivity (Wildman–Crippen MR) is 78.4 cm³/mol. The second-order valence-electron chi connectivity index (χ2n) is 4.79. The molecule has 1 aromatic carbocycles. The Kier molecular flexibility index (Phi) is 4.52. The third-order valence-corrected chi connectivity index (χ3v) is 3.20. The third-order valence-electron chi connectivity index (χ3n) is 2.61. The highest BCUT2D eigenvalue weighted by Crippen LogP contribution is 2.40. The summed E-state index contributed by atoms with van der Waals surface area (Å²) in [5.41, 5.74) is 6.81. The molecular weight excluding hydrogens is 310 g/mol. The van der Waals surface area contributed by atoms with E-state index < -0.39 is 0 Å². The van der Waals surface area contributed by atoms with E-state index in [2.05, 4.69) is 40.1 Å². The molecule has 3 N–H and O–H groups in total. The van der Waals surface area contributed by atoms with Crippen LogP contribution in [0, 0.1) is 5.92 Å². The van der Waals surface area contributed by atoms with Gasteiger partial charge in [-0.15, -0.1) is 0 Å². The molecule has 0 saturated carbocycles. The highest BCUT2D eigenvalue weighted by molar-refractivity contribution is 9.10. The Hall–Kier alpha value is -1.43. The molecule has 0 bridgehead atoms. The fourth-order valence-electron chi connectivity index (χ4n) is 1.65. The molecule has 6 heteroatoms. The number of guanidine groups is 1. The van der Waals surface area contributed by atoms with Crippen molar-refractivity contribution in [3.8, 4) is 11.5 Å². The van der Waals surface area contributed by atoms with Crippen molar-refractivity contribution in [2.75, 3.05) is 13.3 Å². The van der Waals surface area contributed by atoms with E-state index in [9.17, 15) is 0 Å². The van der Waals surface area contributed by atoms with Gasteiger partial charge in [0.15, 0.2) is 17.5 Å². The maximum atomic E-state index is 5.79. The lowest BCUT2D eigenvalue weighted by Crippen LogP contribution is -2.34. The molecule has 0 saturated heterocycles. The molecule has 0 unspecified atom stereocenters. The molecule has 0 aliphatic carbocycles. The monoisotopic (exact) mass is 327 g/mol. The first-order valence-electron chi connectivity index (χ1n) is 6.18. The van der Waals surface area contributed by atoms with Gasteiger partial charge in [0.2, 0.25) is 6.79 Å². The standard InChI is InChI=1S/C13H18BrN3O2/c1-8(2)5-16-13(15)17-6-9-3-10(14)12-11(4-9)18-7-19-12/h3-4,8H,5-7H2,1-2H3,(H3,15,16,17). The van der Waals surface area contributed by atoms with Gasteiger partial charge in [0.1, 0.15) is 0 Å². The molecule has 1 aliphatic rings. The Morgan fingerprint density at radius 1 is 1.47 bits per heavy atom. The fraction of sp³-hybridized carbons (Fsp3) is 0.462. The zero-order valence-electron chi connectivity index (χ0n) is 11.1. The minimum Gasteiger partial charge on any atom is -0.454 e. The van der Waals surface area contributed by atoms with Crippen molar-refractivity contribution in [1.82, 2.24) is 5.32 Å². The number of hydrogen-bond acceptors (Lipinski definition) is 3. The van der Waals surface area contributed by atoms with E-state index in [4.69, 9.17) is 15.2 Å². The van der Waals surface area contributed by atoms with Crippen LogP contribution in [0.25, 0.3) is 0 Å². The van der Waals surface area contributed by atoms with E-state index in [1.165, 1.54) is 0 Å². The smallest absolute Gasteiger partial charge is 0.231 e. The lowest BCUT2D eigenvalue weighted by Gasteiger charge is -2.08. The first-order valence-corrected chi connectivity index (χ1v) is 6.97. The zero-order valence-corrected chi connectivity index (χ0v) is 12.7. The number of aliphatic imine (C=N–C) groups is 1. The van der Waals surface area contributed by atoms with Crippen LogP contribution in [0.15, 0.2) is 21.6 Å². The molecule has 1 aliphatic heterocycles. The molecule has 19 heavy (non-hydrogen) atoms. The summed E-state index contributed by atoms with van der Waals surface area (Å²) in [4.78, 5) is 4.30. The Bertz CT molecular complexity index is 489. The Balaban J connectivity index is 2.00. The van der Waals surface area contributed by atoms with Crippen LogP contribution in [0.2, 0.25) is 0 Å². The summed E-state index contributed by atoms with van der Waals surface area (Å²) in [5.74, 6) is 2.49. The topological polar surface area (TPSA) is 68.9 Å². The van der Waals surface area contributed by atoms with E-state index in [1.807, 2.05) is 12.1 Å². The third kappa shape index (κ3) is 3.76. The average molecular weight is 328 g/mol. The van der Waals surface area contributed by atoms with Crippen LogP contribution < -0.4 is 20.5 Å². The average Bonchev–Trinajstić information content (AvgIpc) is 2.82. The lowest BCUT2D eigenvalue weighted by molar-refractivity contribution is 0.173. The van der Waals surface area contributed by atoms with Crippen molar-refractivity contribution < 1.29 is 9.47 Å². The van der Waals surface area contributed by atoms with E-state index in [0.29, 0.717) is 18.4 Å². The minimum atomic E-state index is 0.263. The fourth-order valence-corrected chi connectivity index (χ4v) is 2.26. The zero-order chi connectivity index (χ0) is 13.8. The number of nitrogens with one attached hydrogen (secondary N) is 1. The van der Waals surface area contributed by atoms with Crippen LogP contribution >= 0.6 is 15.9 Å². The van der Waals surface area contributed by atoms with E-state index in [0.717, 1.165) is 28.1 Å². The summed E-state index contributed by atoms with van der Waals surface area (Å²) in [6.45, 7) is 5.83. The molecule has 0 spiro atoms. The highest BCUT2D eigenvalue weighted by Gasteiger charge is 2.17. The summed E-state index contributed by atoms with van der Waals surface area (Å²) < 4.78 is 11.6. The first kappa shape index (κ1) is 14.0. The van der Waals surface area contributed by atoms with Crippen molar-refractivity contribution in [2.24, 2.45) is 16.6 Å². The maximum Gasteiger partial charge on any atom is 0.231 e. The molecule has 0 radical (unpaired) electrons. The van der Waals surface area contributed by atoms with E-state index >= 15 is 0 Å². The summed E-state index contributed by atoms with van der Waals surface area (Å²) in [6.07, 6.45) is 0. The SMILES string of the molecule is CC(C)CNC(N)=NCc1cc(Br)c2c(c1)OCO2. The van der Waals surface area contributed by atoms with Gasteiger partial charge in [0, 0.05) is 6.54 Å². The van der Waals surface area contributed by atoms with E-state index in [1.54, 1.807) is 0 Å². The summed E-state index contributed by atoms with van der Waals surface area (Å²) >= 11 is 3.45. The Morgan fingerprint density at radius 3 is 3.00 bits per heavy atom. The number of ether oxygens (including phenoxy) is 2. The predicted octanol–water partition coefficient (Wildman–Crippen LogP) is 2.24. The van der Waals surface area contributed by atoms with Gasteiger partial charge in [-0.1, -0.05) is 13.8 Å². The molecule has 0 fully saturated rings. The van der Waals surface area contributed by atoms with Gasteiger partial charge < -0.3 is 20.5 Å². The highest BCUT2D eigenvalue weighted by atomic mass is 79.9. The maximum absolute atomic E-state index is 5.79. The van der Waals surface area contributed by atoms with Crippen molar-refractivity contribution in [2.45, 2.75) is 20.4 Å². The van der Waals surface area contributed by atoms with Crippen molar-refractivity contribution in [3.63, 3.8) is 0 Å². The summed E-state index contributed by atoms with van der Waals surface area (Å²) in [5, 5.41) is 3.08. The van der Waals surface area contributed by atoms with Gasteiger partial charge in [0.05, 0.1) is 11.0 Å². The van der Waals surface area contributed by atoms with Gasteiger partial charge in [-0.25, -0.2) is 4.99 Å². The number of nitrogens with two attached hydrogens (primary N) is 1. The Labute approximate surface area is 121 Å². The minimum absolute atomic E-state index is 0.263. The number of benzene rings is 1. The number of hydrogen-bond donors (Lipinski definition) is 2. The normalized spacial score (nSPS) is 14.0. The quantitative estimate of drug-likeness (QED) is 0.657. The largest absolute Gasteiger partial charge is 0.454 e. The molecule has 0 amide bonds. The first-order chi connectivity index (χ1) is 9.06. The summed E-state index contributed by atoms with van der Waals surface area (Å²) in [7, 11) is 0. The van der Waals surface area contributed by atoms with E-state index in [-0.39, 0.29) is 6.79 Å². The molecule has 0 aromatic heterocycles. The molecule has 2 rings (SSSR count). The molecular formula is C13H18BrN3O2. The van der Waals surface area contributed by atoms with Gasteiger partial charge >= 0.3 is 0 Å². The molecule has 0 atom stereocenters. The van der Waals surface area contributed by atoms with Crippen LogP contribution in [-0.2, 0) is 6.54 Å². The second kappa shape index (κ2) is 6.14. The number of halogens is 1. The molecule has 1 heterocycles. The number of rotatable bonds is 4. The van der Waals surface area contributed by atoms with Crippen molar-refractivity contribution >= 4 is 21.9 Å². The molecule has 104 valence electrons. The van der Waals surface area contributed by atoms with Gasteiger partial charge in [-0.2, -0.15) is 0 Å². The van der Waals surface area contributed by atoms with Gasteiger partial charge in [-0.3, -0.25) is 0 Å². The number of fused-ring (bicyclic) bond motifs is 1. The molecule has 5 nitrogen and oxygen atoms in total. The summed E-state index contributed by atoms with van der Waals surface area (Å²) in [6, 6.07) is 3.89. The van der Waals surface area contributed by atoms with Crippen LogP contribution in [0.3, 0.4) is 0 Å².